The maximum Gasteiger partial charge on any atom is 0.228 e. The smallest absolute Gasteiger partial charge is 0.228 e. The van der Waals surface area contributed by atoms with Gasteiger partial charge in [-0.25, -0.2) is 0 Å². The molecule has 0 saturated carbocycles. The number of carbonyl (C=O) groups excluding carboxylic acids is 1. The van der Waals surface area contributed by atoms with E-state index in [1.807, 2.05) is 42.5 Å². The highest BCUT2D eigenvalue weighted by Crippen LogP contribution is 2.33. The molecule has 0 radical (unpaired) electrons. The Labute approximate surface area is 158 Å². The topological polar surface area (TPSA) is 62.2 Å². The number of aryl methyl sites for hydroxylation is 1. The Bertz CT molecular complexity index is 792. The molecule has 6 nitrogen and oxygen atoms in total. The average Bonchev–Trinajstić information content (AvgIpc) is 3.30. The number of rotatable bonds is 3. The first-order valence-corrected chi connectivity index (χ1v) is 9.47. The molecule has 0 aliphatic carbocycles. The van der Waals surface area contributed by atoms with Crippen LogP contribution >= 0.6 is 11.6 Å². The third-order valence-electron chi connectivity index (χ3n) is 5.44. The third kappa shape index (κ3) is 3.37. The standard InChI is InChI=1S/C19H24ClN5O/c1-24-12-14(8-23-24)16-9-22-10-17(16)19(26)25-6-5-21-11-18(25)13-3-2-4-15(20)7-13/h2-4,7-8,12,16-18,21-22H,5-6,9-11H2,1H3/t16-,17+,18?/m1/s1. The van der Waals surface area contributed by atoms with Crippen LogP contribution in [0.2, 0.25) is 5.02 Å². The van der Waals surface area contributed by atoms with E-state index >= 15 is 0 Å². The lowest BCUT2D eigenvalue weighted by atomic mass is 9.88. The highest BCUT2D eigenvalue weighted by Gasteiger charge is 2.39. The van der Waals surface area contributed by atoms with Gasteiger partial charge in [0.1, 0.15) is 0 Å². The number of nitrogens with one attached hydrogen (secondary N) is 2. The first-order chi connectivity index (χ1) is 12.6. The molecule has 3 atom stereocenters. The molecule has 26 heavy (non-hydrogen) atoms. The van der Waals surface area contributed by atoms with Gasteiger partial charge < -0.3 is 15.5 Å². The van der Waals surface area contributed by atoms with Crippen molar-refractivity contribution in [2.45, 2.75) is 12.0 Å². The molecule has 1 aromatic carbocycles. The van der Waals surface area contributed by atoms with Gasteiger partial charge in [-0.15, -0.1) is 0 Å². The minimum atomic E-state index is -0.0565. The summed E-state index contributed by atoms with van der Waals surface area (Å²) in [6.07, 6.45) is 3.90. The molecule has 2 saturated heterocycles. The van der Waals surface area contributed by atoms with Crippen LogP contribution in [0.1, 0.15) is 23.1 Å². The van der Waals surface area contributed by atoms with E-state index in [2.05, 4.69) is 21.8 Å². The van der Waals surface area contributed by atoms with Crippen LogP contribution in [0.5, 0.6) is 0 Å². The molecule has 0 spiro atoms. The van der Waals surface area contributed by atoms with Crippen molar-refractivity contribution in [3.63, 3.8) is 0 Å². The molecule has 1 aromatic heterocycles. The molecule has 4 rings (SSSR count). The van der Waals surface area contributed by atoms with Gasteiger partial charge in [-0.1, -0.05) is 23.7 Å². The van der Waals surface area contributed by atoms with Crippen molar-refractivity contribution in [1.82, 2.24) is 25.3 Å². The zero-order valence-corrected chi connectivity index (χ0v) is 15.6. The van der Waals surface area contributed by atoms with Gasteiger partial charge in [0.05, 0.1) is 18.2 Å². The fourth-order valence-electron chi connectivity index (χ4n) is 4.11. The second kappa shape index (κ2) is 7.39. The van der Waals surface area contributed by atoms with E-state index in [4.69, 9.17) is 11.6 Å². The predicted octanol–water partition coefficient (Wildman–Crippen LogP) is 1.55. The molecule has 1 amide bonds. The highest BCUT2D eigenvalue weighted by atomic mass is 35.5. The van der Waals surface area contributed by atoms with Gasteiger partial charge in [0.25, 0.3) is 0 Å². The van der Waals surface area contributed by atoms with Gasteiger partial charge in [-0.3, -0.25) is 9.48 Å². The van der Waals surface area contributed by atoms with Crippen LogP contribution < -0.4 is 10.6 Å². The number of benzene rings is 1. The first-order valence-electron chi connectivity index (χ1n) is 9.09. The van der Waals surface area contributed by atoms with Gasteiger partial charge >= 0.3 is 0 Å². The van der Waals surface area contributed by atoms with Crippen molar-refractivity contribution in [1.29, 1.82) is 0 Å². The zero-order valence-electron chi connectivity index (χ0n) is 14.9. The van der Waals surface area contributed by atoms with Crippen molar-refractivity contribution < 1.29 is 4.79 Å². The Morgan fingerprint density at radius 3 is 2.88 bits per heavy atom. The largest absolute Gasteiger partial charge is 0.333 e. The van der Waals surface area contributed by atoms with Gasteiger partial charge in [0, 0.05) is 56.9 Å². The Morgan fingerprint density at radius 2 is 2.12 bits per heavy atom. The molecule has 2 aromatic rings. The van der Waals surface area contributed by atoms with Crippen molar-refractivity contribution in [2.75, 3.05) is 32.7 Å². The van der Waals surface area contributed by atoms with Crippen molar-refractivity contribution in [3.05, 3.63) is 52.8 Å². The quantitative estimate of drug-likeness (QED) is 0.857. The third-order valence-corrected chi connectivity index (χ3v) is 5.68. The summed E-state index contributed by atoms with van der Waals surface area (Å²) in [5.41, 5.74) is 2.22. The van der Waals surface area contributed by atoms with E-state index in [1.165, 1.54) is 0 Å². The normalized spacial score (nSPS) is 26.2. The van der Waals surface area contributed by atoms with E-state index in [1.54, 1.807) is 4.68 Å². The lowest BCUT2D eigenvalue weighted by molar-refractivity contribution is -0.138. The van der Waals surface area contributed by atoms with Crippen LogP contribution in [-0.2, 0) is 11.8 Å². The van der Waals surface area contributed by atoms with Crippen LogP contribution in [0.4, 0.5) is 0 Å². The van der Waals surface area contributed by atoms with Crippen molar-refractivity contribution in [2.24, 2.45) is 13.0 Å². The van der Waals surface area contributed by atoms with E-state index in [9.17, 15) is 4.79 Å². The summed E-state index contributed by atoms with van der Waals surface area (Å²) in [4.78, 5) is 15.5. The maximum atomic E-state index is 13.5. The number of hydrogen-bond donors (Lipinski definition) is 2. The zero-order chi connectivity index (χ0) is 18.1. The molecule has 2 N–H and O–H groups in total. The lowest BCUT2D eigenvalue weighted by Crippen LogP contribution is -2.51. The highest BCUT2D eigenvalue weighted by molar-refractivity contribution is 6.30. The SMILES string of the molecule is Cn1cc([C@H]2CNC[C@@H]2C(=O)N2CCNCC2c2cccc(Cl)c2)cn1. The number of aromatic nitrogens is 2. The molecule has 2 aliphatic rings. The van der Waals surface area contributed by atoms with Crippen LogP contribution in [0.15, 0.2) is 36.7 Å². The molecule has 2 aliphatic heterocycles. The summed E-state index contributed by atoms with van der Waals surface area (Å²) in [6, 6.07) is 7.85. The Hall–Kier alpha value is -1.89. The molecular weight excluding hydrogens is 350 g/mol. The second-order valence-corrected chi connectivity index (χ2v) is 7.56. The minimum Gasteiger partial charge on any atom is -0.333 e. The van der Waals surface area contributed by atoms with Crippen LogP contribution in [0.3, 0.4) is 0 Å². The number of piperazine rings is 1. The van der Waals surface area contributed by atoms with Crippen LogP contribution in [0.25, 0.3) is 0 Å². The second-order valence-electron chi connectivity index (χ2n) is 7.13. The van der Waals surface area contributed by atoms with Crippen LogP contribution in [0, 0.1) is 5.92 Å². The predicted molar refractivity (Wildman–Crippen MR) is 101 cm³/mol. The summed E-state index contributed by atoms with van der Waals surface area (Å²) in [5.74, 6) is 0.334. The van der Waals surface area contributed by atoms with Crippen molar-refractivity contribution >= 4 is 17.5 Å². The van der Waals surface area contributed by atoms with Crippen LogP contribution in [-0.4, -0.2) is 53.3 Å². The molecule has 0 bridgehead atoms. The fourth-order valence-corrected chi connectivity index (χ4v) is 4.31. The molecule has 2 fully saturated rings. The Balaban J connectivity index is 1.58. The minimum absolute atomic E-state index is 0.0186. The summed E-state index contributed by atoms with van der Waals surface area (Å²) in [6.45, 7) is 3.82. The number of nitrogens with zero attached hydrogens (tertiary/aromatic N) is 3. The van der Waals surface area contributed by atoms with Gasteiger partial charge in [-0.05, 0) is 23.3 Å². The number of halogens is 1. The molecular formula is C19H24ClN5O. The van der Waals surface area contributed by atoms with Gasteiger partial charge in [-0.2, -0.15) is 5.10 Å². The van der Waals surface area contributed by atoms with E-state index in [0.717, 1.165) is 30.8 Å². The lowest BCUT2D eigenvalue weighted by Gasteiger charge is -2.38. The van der Waals surface area contributed by atoms with E-state index in [0.29, 0.717) is 18.1 Å². The Morgan fingerprint density at radius 1 is 1.23 bits per heavy atom. The number of hydrogen-bond acceptors (Lipinski definition) is 4. The van der Waals surface area contributed by atoms with Gasteiger partial charge in [0.15, 0.2) is 0 Å². The molecule has 7 heteroatoms. The molecule has 138 valence electrons. The van der Waals surface area contributed by atoms with E-state index in [-0.39, 0.29) is 23.8 Å². The maximum absolute atomic E-state index is 13.5. The first kappa shape index (κ1) is 17.5. The molecule has 3 heterocycles. The summed E-state index contributed by atoms with van der Waals surface area (Å²) in [7, 11) is 1.91. The van der Waals surface area contributed by atoms with Crippen molar-refractivity contribution in [3.8, 4) is 0 Å². The molecule has 1 unspecified atom stereocenters. The number of carbonyl (C=O) groups is 1. The fraction of sp³-hybridized carbons (Fsp3) is 0.474. The monoisotopic (exact) mass is 373 g/mol. The van der Waals surface area contributed by atoms with E-state index < -0.39 is 0 Å². The number of amides is 1. The average molecular weight is 374 g/mol. The summed E-state index contributed by atoms with van der Waals surface area (Å²) >= 11 is 6.18. The Kier molecular flexibility index (Phi) is 4.98. The summed E-state index contributed by atoms with van der Waals surface area (Å²) in [5, 5.41) is 11.8. The summed E-state index contributed by atoms with van der Waals surface area (Å²) < 4.78 is 1.80. The van der Waals surface area contributed by atoms with Gasteiger partial charge in [0.2, 0.25) is 5.91 Å².